The van der Waals surface area contributed by atoms with Crippen LogP contribution in [0.5, 0.6) is 0 Å². The Morgan fingerprint density at radius 1 is 1.08 bits per heavy atom. The van der Waals surface area contributed by atoms with Gasteiger partial charge in [-0.05, 0) is 53.2 Å². The van der Waals surface area contributed by atoms with Crippen LogP contribution in [0, 0.1) is 24.0 Å². The van der Waals surface area contributed by atoms with Crippen LogP contribution in [0.25, 0.3) is 0 Å². The Bertz CT molecular complexity index is 586. The second-order valence-corrected chi connectivity index (χ2v) is 5.57. The normalized spacial score (nSPS) is 20.0. The van der Waals surface area contributed by atoms with E-state index in [0.717, 1.165) is 6.42 Å². The lowest BCUT2D eigenvalue weighted by atomic mass is 9.67. The molecule has 0 amide bonds. The molecule has 0 aliphatic heterocycles. The molecule has 3 atom stereocenters. The van der Waals surface area contributed by atoms with Crippen LogP contribution in [0.4, 0.5) is 0 Å². The van der Waals surface area contributed by atoms with Gasteiger partial charge in [-0.15, -0.1) is 6.58 Å². The molecule has 1 aliphatic carbocycles. The molecule has 0 saturated carbocycles. The zero-order chi connectivity index (χ0) is 19.4. The molecule has 0 nitrogen and oxygen atoms in total. The zero-order valence-corrected chi connectivity index (χ0v) is 16.7. The predicted molar refractivity (Wildman–Crippen MR) is 114 cm³/mol. The molecular formula is C25H34. The molecule has 0 bridgehead atoms. The van der Waals surface area contributed by atoms with Crippen molar-refractivity contribution < 1.29 is 0 Å². The van der Waals surface area contributed by atoms with Gasteiger partial charge in [0.15, 0.2) is 0 Å². The van der Waals surface area contributed by atoms with Crippen LogP contribution in [-0.4, -0.2) is 0 Å². The van der Waals surface area contributed by atoms with E-state index in [1.165, 1.54) is 22.3 Å². The second-order valence-electron chi connectivity index (χ2n) is 5.57. The molecule has 0 N–H and O–H groups in total. The molecule has 1 aromatic rings. The fraction of sp³-hybridized carbons (Fsp3) is 0.360. The van der Waals surface area contributed by atoms with Gasteiger partial charge in [0.25, 0.3) is 0 Å². The molecule has 0 radical (unpaired) electrons. The Morgan fingerprint density at radius 2 is 1.72 bits per heavy atom. The minimum absolute atomic E-state index is 0.155. The third kappa shape index (κ3) is 5.36. The fourth-order valence-electron chi connectivity index (χ4n) is 3.16. The molecule has 0 heteroatoms. The minimum Gasteiger partial charge on any atom is -0.103 e. The van der Waals surface area contributed by atoms with Gasteiger partial charge in [-0.3, -0.25) is 0 Å². The molecule has 25 heavy (non-hydrogen) atoms. The summed E-state index contributed by atoms with van der Waals surface area (Å²) in [6.07, 6.45) is 6.86. The van der Waals surface area contributed by atoms with Crippen LogP contribution in [-0.2, 0) is 0 Å². The van der Waals surface area contributed by atoms with E-state index in [-0.39, 0.29) is 5.92 Å². The number of rotatable bonds is 5. The summed E-state index contributed by atoms with van der Waals surface area (Å²) in [6, 6.07) is 12.0. The summed E-state index contributed by atoms with van der Waals surface area (Å²) in [7, 11) is 0. The summed E-state index contributed by atoms with van der Waals surface area (Å²) < 4.78 is 0. The number of hydrogen-bond acceptors (Lipinski definition) is 0. The Kier molecular flexibility index (Phi) is 11.1. The highest BCUT2D eigenvalue weighted by Crippen LogP contribution is 2.46. The zero-order valence-electron chi connectivity index (χ0n) is 16.7. The van der Waals surface area contributed by atoms with Gasteiger partial charge in [-0.1, -0.05) is 90.3 Å². The Hall–Kier alpha value is -2.26. The number of hydrogen-bond donors (Lipinski definition) is 0. The average Bonchev–Trinajstić information content (AvgIpc) is 2.70. The van der Waals surface area contributed by atoms with E-state index in [9.17, 15) is 0 Å². The highest BCUT2D eigenvalue weighted by atomic mass is 14.4. The van der Waals surface area contributed by atoms with Crippen molar-refractivity contribution in [3.8, 4) is 0 Å². The van der Waals surface area contributed by atoms with Crippen LogP contribution in [0.1, 0.15) is 52.5 Å². The highest BCUT2D eigenvalue weighted by Gasteiger charge is 2.33. The Morgan fingerprint density at radius 3 is 2.16 bits per heavy atom. The SMILES string of the molecule is C=CC1=C(C=C)C(c2cc#ccc2)C(=C)C(C(C)C=C)C1.CC.CC. The molecule has 134 valence electrons. The van der Waals surface area contributed by atoms with Crippen molar-refractivity contribution in [2.24, 2.45) is 11.8 Å². The molecule has 0 heterocycles. The third-order valence-corrected chi connectivity index (χ3v) is 4.46. The van der Waals surface area contributed by atoms with Crippen LogP contribution >= 0.6 is 0 Å². The van der Waals surface area contributed by atoms with Crippen molar-refractivity contribution in [2.75, 3.05) is 0 Å². The first kappa shape index (κ1) is 22.7. The smallest absolute Gasteiger partial charge is 0.0308 e. The lowest BCUT2D eigenvalue weighted by Crippen LogP contribution is -2.24. The molecule has 0 aromatic heterocycles. The third-order valence-electron chi connectivity index (χ3n) is 4.46. The Balaban J connectivity index is 0.00000134. The molecule has 1 aliphatic rings. The molecule has 0 fully saturated rings. The van der Waals surface area contributed by atoms with E-state index in [1.54, 1.807) is 0 Å². The molecule has 1 aromatic carbocycles. The molecular weight excluding hydrogens is 300 g/mol. The summed E-state index contributed by atoms with van der Waals surface area (Å²) in [5.74, 6) is 0.927. The van der Waals surface area contributed by atoms with Crippen LogP contribution < -0.4 is 0 Å². The van der Waals surface area contributed by atoms with Gasteiger partial charge in [0, 0.05) is 5.92 Å². The first-order valence-electron chi connectivity index (χ1n) is 9.30. The largest absolute Gasteiger partial charge is 0.103 e. The summed E-state index contributed by atoms with van der Waals surface area (Å²) in [5, 5.41) is 0. The van der Waals surface area contributed by atoms with Crippen molar-refractivity contribution >= 4 is 0 Å². The molecule has 0 spiro atoms. The van der Waals surface area contributed by atoms with Crippen molar-refractivity contribution in [2.45, 2.75) is 47.0 Å². The van der Waals surface area contributed by atoms with Crippen molar-refractivity contribution in [1.29, 1.82) is 0 Å². The van der Waals surface area contributed by atoms with Gasteiger partial charge in [0.1, 0.15) is 0 Å². The topological polar surface area (TPSA) is 0 Å². The first-order chi connectivity index (χ1) is 12.1. The lowest BCUT2D eigenvalue weighted by molar-refractivity contribution is 0.451. The predicted octanol–water partition coefficient (Wildman–Crippen LogP) is 7.49. The van der Waals surface area contributed by atoms with E-state index in [2.05, 4.69) is 51.4 Å². The van der Waals surface area contributed by atoms with Gasteiger partial charge in [0.2, 0.25) is 0 Å². The monoisotopic (exact) mass is 334 g/mol. The van der Waals surface area contributed by atoms with Gasteiger partial charge < -0.3 is 0 Å². The summed E-state index contributed by atoms with van der Waals surface area (Å²) in [4.78, 5) is 0. The van der Waals surface area contributed by atoms with Gasteiger partial charge in [-0.2, -0.15) is 0 Å². The Labute approximate surface area is 156 Å². The first-order valence-corrected chi connectivity index (χ1v) is 9.30. The van der Waals surface area contributed by atoms with E-state index < -0.39 is 0 Å². The van der Waals surface area contributed by atoms with E-state index in [1.807, 2.05) is 58.1 Å². The van der Waals surface area contributed by atoms with Gasteiger partial charge in [-0.25, -0.2) is 0 Å². The highest BCUT2D eigenvalue weighted by molar-refractivity contribution is 5.50. The van der Waals surface area contributed by atoms with Crippen LogP contribution in [0.2, 0.25) is 0 Å². The summed E-state index contributed by atoms with van der Waals surface area (Å²) in [6.45, 7) is 26.5. The maximum absolute atomic E-state index is 4.40. The average molecular weight is 335 g/mol. The van der Waals surface area contributed by atoms with Crippen LogP contribution in [0.15, 0.2) is 79.5 Å². The van der Waals surface area contributed by atoms with Crippen molar-refractivity contribution in [1.82, 2.24) is 0 Å². The lowest BCUT2D eigenvalue weighted by Gasteiger charge is -2.37. The van der Waals surface area contributed by atoms with Gasteiger partial charge >= 0.3 is 0 Å². The minimum atomic E-state index is 0.155. The van der Waals surface area contributed by atoms with Crippen LogP contribution in [0.3, 0.4) is 0 Å². The summed E-state index contributed by atoms with van der Waals surface area (Å²) in [5.41, 5.74) is 4.88. The fourth-order valence-corrected chi connectivity index (χ4v) is 3.16. The maximum Gasteiger partial charge on any atom is 0.0308 e. The van der Waals surface area contributed by atoms with Gasteiger partial charge in [0.05, 0.1) is 0 Å². The standard InChI is InChI=1S/C21H22.2C2H6/c1-6-15(4)20-14-17(7-2)19(8-3)21(16(20)5)18-12-10-9-11-13-18;2*1-2/h6-8,10,12-13,15,20-21H,1-3,5,14H2,4H3;2*1-2H3. The molecule has 3 unspecified atom stereocenters. The molecule has 0 saturated heterocycles. The van der Waals surface area contributed by atoms with Crippen molar-refractivity contribution in [3.05, 3.63) is 97.2 Å². The number of allylic oxidation sites excluding steroid dienone is 6. The van der Waals surface area contributed by atoms with E-state index in [4.69, 9.17) is 0 Å². The van der Waals surface area contributed by atoms with Crippen molar-refractivity contribution in [3.63, 3.8) is 0 Å². The summed E-state index contributed by atoms with van der Waals surface area (Å²) >= 11 is 0. The maximum atomic E-state index is 4.40. The van der Waals surface area contributed by atoms with E-state index >= 15 is 0 Å². The quantitative estimate of drug-likeness (QED) is 0.489. The molecule has 2 rings (SSSR count). The second kappa shape index (κ2) is 12.2. The van der Waals surface area contributed by atoms with E-state index in [0.29, 0.717) is 11.8 Å².